The van der Waals surface area contributed by atoms with Crippen LogP contribution >= 0.6 is 0 Å². The molecule has 0 radical (unpaired) electrons. The standard InChI is InChI=1S/C17H28N2/c1-12(2)19(10-15-6-7-15)11-17(18)16-8-5-13(3)14(4)9-16/h5,8-9,12,15,17H,6-7,10-11,18H2,1-4H3. The van der Waals surface area contributed by atoms with Gasteiger partial charge in [0.05, 0.1) is 0 Å². The van der Waals surface area contributed by atoms with Crippen LogP contribution in [0.25, 0.3) is 0 Å². The third kappa shape index (κ3) is 4.05. The number of hydrogen-bond acceptors (Lipinski definition) is 2. The van der Waals surface area contributed by atoms with Crippen LogP contribution in [0, 0.1) is 19.8 Å². The van der Waals surface area contributed by atoms with Gasteiger partial charge in [0.25, 0.3) is 0 Å². The molecule has 2 N–H and O–H groups in total. The summed E-state index contributed by atoms with van der Waals surface area (Å²) in [6.45, 7) is 11.0. The Kier molecular flexibility index (Phi) is 4.64. The van der Waals surface area contributed by atoms with E-state index in [4.69, 9.17) is 5.73 Å². The SMILES string of the molecule is Cc1ccc(C(N)CN(CC2CC2)C(C)C)cc1C. The zero-order valence-electron chi connectivity index (χ0n) is 12.8. The molecule has 0 bridgehead atoms. The molecule has 1 aliphatic carbocycles. The number of aryl methyl sites for hydroxylation is 2. The third-order valence-electron chi connectivity index (χ3n) is 4.31. The van der Waals surface area contributed by atoms with Crippen molar-refractivity contribution in [2.24, 2.45) is 11.7 Å². The summed E-state index contributed by atoms with van der Waals surface area (Å²) in [5.41, 5.74) is 10.4. The second kappa shape index (κ2) is 6.06. The van der Waals surface area contributed by atoms with Crippen LogP contribution in [0.3, 0.4) is 0 Å². The second-order valence-electron chi connectivity index (χ2n) is 6.44. The Bertz CT molecular complexity index is 421. The van der Waals surface area contributed by atoms with E-state index in [-0.39, 0.29) is 6.04 Å². The number of rotatable bonds is 6. The molecule has 0 amide bonds. The fourth-order valence-electron chi connectivity index (χ4n) is 2.48. The summed E-state index contributed by atoms with van der Waals surface area (Å²) in [7, 11) is 0. The van der Waals surface area contributed by atoms with Gasteiger partial charge in [-0.25, -0.2) is 0 Å². The lowest BCUT2D eigenvalue weighted by molar-refractivity contribution is 0.200. The summed E-state index contributed by atoms with van der Waals surface area (Å²) in [5.74, 6) is 0.925. The van der Waals surface area contributed by atoms with Crippen LogP contribution in [0.5, 0.6) is 0 Å². The Labute approximate surface area is 118 Å². The molecule has 1 atom stereocenters. The molecule has 1 aromatic carbocycles. The van der Waals surface area contributed by atoms with Crippen molar-refractivity contribution in [1.29, 1.82) is 0 Å². The molecule has 2 rings (SSSR count). The molecule has 1 aliphatic rings. The second-order valence-corrected chi connectivity index (χ2v) is 6.44. The van der Waals surface area contributed by atoms with Crippen molar-refractivity contribution in [1.82, 2.24) is 4.90 Å². The average molecular weight is 260 g/mol. The topological polar surface area (TPSA) is 29.3 Å². The van der Waals surface area contributed by atoms with Crippen molar-refractivity contribution in [3.63, 3.8) is 0 Å². The smallest absolute Gasteiger partial charge is 0.0424 e. The lowest BCUT2D eigenvalue weighted by atomic mass is 10.0. The van der Waals surface area contributed by atoms with Crippen LogP contribution in [0.1, 0.15) is 49.4 Å². The first-order chi connectivity index (χ1) is 8.97. The molecule has 0 aliphatic heterocycles. The highest BCUT2D eigenvalue weighted by Crippen LogP contribution is 2.30. The van der Waals surface area contributed by atoms with Crippen LogP contribution in [0.4, 0.5) is 0 Å². The molecule has 1 aromatic rings. The molecule has 0 spiro atoms. The van der Waals surface area contributed by atoms with Gasteiger partial charge in [0, 0.05) is 25.2 Å². The van der Waals surface area contributed by atoms with Crippen molar-refractivity contribution in [2.75, 3.05) is 13.1 Å². The molecule has 19 heavy (non-hydrogen) atoms. The van der Waals surface area contributed by atoms with Gasteiger partial charge in [-0.05, 0) is 63.1 Å². The van der Waals surface area contributed by atoms with E-state index in [9.17, 15) is 0 Å². The van der Waals surface area contributed by atoms with Gasteiger partial charge in [0.15, 0.2) is 0 Å². The van der Waals surface area contributed by atoms with E-state index >= 15 is 0 Å². The minimum atomic E-state index is 0.125. The molecule has 0 saturated heterocycles. The Balaban J connectivity index is 2.00. The van der Waals surface area contributed by atoms with Gasteiger partial charge >= 0.3 is 0 Å². The van der Waals surface area contributed by atoms with E-state index in [2.05, 4.69) is 50.8 Å². The summed E-state index contributed by atoms with van der Waals surface area (Å²) in [6, 6.07) is 7.32. The van der Waals surface area contributed by atoms with E-state index in [1.165, 1.54) is 36.1 Å². The zero-order valence-corrected chi connectivity index (χ0v) is 12.8. The van der Waals surface area contributed by atoms with Crippen LogP contribution in [0.2, 0.25) is 0 Å². The molecule has 1 fully saturated rings. The predicted molar refractivity (Wildman–Crippen MR) is 82.3 cm³/mol. The van der Waals surface area contributed by atoms with Gasteiger partial charge in [-0.2, -0.15) is 0 Å². The fourth-order valence-corrected chi connectivity index (χ4v) is 2.48. The lowest BCUT2D eigenvalue weighted by Gasteiger charge is -2.29. The first-order valence-corrected chi connectivity index (χ1v) is 7.54. The highest BCUT2D eigenvalue weighted by atomic mass is 15.2. The van der Waals surface area contributed by atoms with Crippen LogP contribution in [-0.4, -0.2) is 24.0 Å². The lowest BCUT2D eigenvalue weighted by Crippen LogP contribution is -2.38. The predicted octanol–water partition coefficient (Wildman–Crippen LogP) is 3.42. The monoisotopic (exact) mass is 260 g/mol. The number of nitrogens with zero attached hydrogens (tertiary/aromatic N) is 1. The maximum atomic E-state index is 6.41. The van der Waals surface area contributed by atoms with Crippen molar-refractivity contribution < 1.29 is 0 Å². The average Bonchev–Trinajstić information content (AvgIpc) is 3.15. The minimum Gasteiger partial charge on any atom is -0.323 e. The molecular formula is C17H28N2. The minimum absolute atomic E-state index is 0.125. The van der Waals surface area contributed by atoms with Crippen molar-refractivity contribution in [2.45, 2.75) is 52.6 Å². The Morgan fingerprint density at radius 1 is 1.21 bits per heavy atom. The summed E-state index contributed by atoms with van der Waals surface area (Å²) in [4.78, 5) is 2.54. The highest BCUT2D eigenvalue weighted by Gasteiger charge is 2.26. The zero-order chi connectivity index (χ0) is 14.0. The summed E-state index contributed by atoms with van der Waals surface area (Å²) >= 11 is 0. The van der Waals surface area contributed by atoms with Gasteiger partial charge < -0.3 is 5.73 Å². The summed E-state index contributed by atoms with van der Waals surface area (Å²) < 4.78 is 0. The van der Waals surface area contributed by atoms with E-state index in [1.54, 1.807) is 0 Å². The third-order valence-corrected chi connectivity index (χ3v) is 4.31. The van der Waals surface area contributed by atoms with Crippen LogP contribution < -0.4 is 5.73 Å². The van der Waals surface area contributed by atoms with Gasteiger partial charge in [0.2, 0.25) is 0 Å². The number of hydrogen-bond donors (Lipinski definition) is 1. The molecule has 1 saturated carbocycles. The molecular weight excluding hydrogens is 232 g/mol. The van der Waals surface area contributed by atoms with Crippen molar-refractivity contribution in [3.05, 3.63) is 34.9 Å². The number of nitrogens with two attached hydrogens (primary N) is 1. The summed E-state index contributed by atoms with van der Waals surface area (Å²) in [5, 5.41) is 0. The van der Waals surface area contributed by atoms with Crippen molar-refractivity contribution >= 4 is 0 Å². The Morgan fingerprint density at radius 3 is 2.42 bits per heavy atom. The Hall–Kier alpha value is -0.860. The molecule has 106 valence electrons. The number of benzene rings is 1. The van der Waals surface area contributed by atoms with E-state index < -0.39 is 0 Å². The first-order valence-electron chi connectivity index (χ1n) is 7.54. The quantitative estimate of drug-likeness (QED) is 0.849. The fraction of sp³-hybridized carbons (Fsp3) is 0.647. The van der Waals surface area contributed by atoms with Crippen molar-refractivity contribution in [3.8, 4) is 0 Å². The van der Waals surface area contributed by atoms with E-state index in [1.807, 2.05) is 0 Å². The molecule has 0 aromatic heterocycles. The molecule has 0 heterocycles. The van der Waals surface area contributed by atoms with Gasteiger partial charge in [-0.1, -0.05) is 18.2 Å². The summed E-state index contributed by atoms with van der Waals surface area (Å²) in [6.07, 6.45) is 2.81. The van der Waals surface area contributed by atoms with Crippen LogP contribution in [-0.2, 0) is 0 Å². The van der Waals surface area contributed by atoms with Gasteiger partial charge in [-0.15, -0.1) is 0 Å². The van der Waals surface area contributed by atoms with E-state index in [0.29, 0.717) is 6.04 Å². The van der Waals surface area contributed by atoms with Gasteiger partial charge in [-0.3, -0.25) is 4.90 Å². The Morgan fingerprint density at radius 2 is 1.89 bits per heavy atom. The first kappa shape index (κ1) is 14.5. The largest absolute Gasteiger partial charge is 0.323 e. The maximum absolute atomic E-state index is 6.41. The van der Waals surface area contributed by atoms with Crippen LogP contribution in [0.15, 0.2) is 18.2 Å². The highest BCUT2D eigenvalue weighted by molar-refractivity contribution is 5.31. The maximum Gasteiger partial charge on any atom is 0.0424 e. The normalized spacial score (nSPS) is 17.2. The van der Waals surface area contributed by atoms with E-state index in [0.717, 1.165) is 12.5 Å². The van der Waals surface area contributed by atoms with Gasteiger partial charge in [0.1, 0.15) is 0 Å². The molecule has 1 unspecified atom stereocenters. The molecule has 2 heteroatoms. The molecule has 2 nitrogen and oxygen atoms in total.